The highest BCUT2D eigenvalue weighted by Crippen LogP contribution is 2.35. The van der Waals surface area contributed by atoms with Gasteiger partial charge in [0, 0.05) is 16.7 Å². The Hall–Kier alpha value is -2.89. The van der Waals surface area contributed by atoms with E-state index in [9.17, 15) is 10.1 Å². The van der Waals surface area contributed by atoms with Gasteiger partial charge in [0.25, 0.3) is 10.9 Å². The summed E-state index contributed by atoms with van der Waals surface area (Å²) in [7, 11) is 0. The topological polar surface area (TPSA) is 106 Å². The zero-order valence-corrected chi connectivity index (χ0v) is 13.4. The van der Waals surface area contributed by atoms with Crippen LogP contribution in [0.4, 0.5) is 5.69 Å². The molecule has 0 aliphatic heterocycles. The number of nitriles is 1. The maximum Gasteiger partial charge on any atom is 0.283 e. The molecule has 0 fully saturated rings. The van der Waals surface area contributed by atoms with Crippen molar-refractivity contribution >= 4 is 29.1 Å². The Morgan fingerprint density at radius 1 is 1.25 bits per heavy atom. The number of nitrogens with zero attached hydrogens (tertiary/aromatic N) is 4. The Morgan fingerprint density at radius 2 is 2.08 bits per heavy atom. The van der Waals surface area contributed by atoms with Gasteiger partial charge < -0.3 is 4.42 Å². The van der Waals surface area contributed by atoms with Crippen LogP contribution >= 0.6 is 23.4 Å². The zero-order chi connectivity index (χ0) is 17.1. The zero-order valence-electron chi connectivity index (χ0n) is 11.8. The van der Waals surface area contributed by atoms with Gasteiger partial charge >= 0.3 is 0 Å². The highest BCUT2D eigenvalue weighted by atomic mass is 35.5. The van der Waals surface area contributed by atoms with Crippen molar-refractivity contribution in [3.63, 3.8) is 0 Å². The smallest absolute Gasteiger partial charge is 0.283 e. The molecule has 0 amide bonds. The normalized spacial score (nSPS) is 10.3. The van der Waals surface area contributed by atoms with Crippen molar-refractivity contribution in [1.29, 1.82) is 5.26 Å². The average molecular weight is 359 g/mol. The summed E-state index contributed by atoms with van der Waals surface area (Å²) >= 11 is 6.85. The van der Waals surface area contributed by atoms with Gasteiger partial charge in [-0.1, -0.05) is 17.7 Å². The molecule has 0 aliphatic rings. The van der Waals surface area contributed by atoms with Crippen LogP contribution in [0.3, 0.4) is 0 Å². The van der Waals surface area contributed by atoms with Crippen molar-refractivity contribution < 1.29 is 9.34 Å². The molecule has 7 nitrogen and oxygen atoms in total. The van der Waals surface area contributed by atoms with Gasteiger partial charge in [-0.2, -0.15) is 5.26 Å². The van der Waals surface area contributed by atoms with Gasteiger partial charge in [0.05, 0.1) is 21.5 Å². The van der Waals surface area contributed by atoms with Crippen LogP contribution in [0.1, 0.15) is 5.56 Å². The fourth-order valence-corrected chi connectivity index (χ4v) is 2.91. The number of rotatable bonds is 4. The van der Waals surface area contributed by atoms with E-state index in [0.29, 0.717) is 16.1 Å². The first-order valence-electron chi connectivity index (χ1n) is 6.52. The summed E-state index contributed by atoms with van der Waals surface area (Å²) in [6, 6.07) is 12.9. The second-order valence-electron chi connectivity index (χ2n) is 4.54. The number of halogens is 1. The molecule has 0 unspecified atom stereocenters. The van der Waals surface area contributed by atoms with Crippen LogP contribution in [0.15, 0.2) is 57.0 Å². The van der Waals surface area contributed by atoms with Crippen molar-refractivity contribution in [2.75, 3.05) is 0 Å². The summed E-state index contributed by atoms with van der Waals surface area (Å²) in [5.74, 6) is 0.249. The standard InChI is InChI=1S/C15H7ClN4O3S/c16-11-3-1-2-10(7-11)14-18-19-15(23-14)24-13-6-9(8-17)4-5-12(13)20(21)22/h1-7H. The molecule has 0 bridgehead atoms. The number of nitro benzene ring substituents is 1. The number of aromatic nitrogens is 2. The molecule has 9 heteroatoms. The van der Waals surface area contributed by atoms with Gasteiger partial charge in [0.2, 0.25) is 5.89 Å². The third-order valence-electron chi connectivity index (χ3n) is 2.96. The Bertz CT molecular complexity index is 967. The van der Waals surface area contributed by atoms with Crippen LogP contribution in [0.25, 0.3) is 11.5 Å². The van der Waals surface area contributed by atoms with Crippen molar-refractivity contribution in [3.05, 3.63) is 63.2 Å². The third kappa shape index (κ3) is 3.37. The molecule has 2 aromatic carbocycles. The number of benzene rings is 2. The summed E-state index contributed by atoms with van der Waals surface area (Å²) in [4.78, 5) is 10.8. The average Bonchev–Trinajstić information content (AvgIpc) is 3.03. The number of hydrogen-bond acceptors (Lipinski definition) is 7. The molecule has 0 radical (unpaired) electrons. The van der Waals surface area contributed by atoms with Crippen molar-refractivity contribution in [1.82, 2.24) is 10.2 Å². The lowest BCUT2D eigenvalue weighted by molar-refractivity contribution is -0.387. The first kappa shape index (κ1) is 16.0. The minimum absolute atomic E-state index is 0.128. The molecule has 0 N–H and O–H groups in total. The predicted octanol–water partition coefficient (Wildman–Crippen LogP) is 4.32. The van der Waals surface area contributed by atoms with E-state index >= 15 is 0 Å². The Labute approximate surface area is 145 Å². The highest BCUT2D eigenvalue weighted by Gasteiger charge is 2.19. The lowest BCUT2D eigenvalue weighted by Crippen LogP contribution is -1.91. The highest BCUT2D eigenvalue weighted by molar-refractivity contribution is 7.99. The van der Waals surface area contributed by atoms with E-state index in [4.69, 9.17) is 21.3 Å². The minimum Gasteiger partial charge on any atom is -0.411 e. The second-order valence-corrected chi connectivity index (χ2v) is 5.97. The number of nitro groups is 1. The van der Waals surface area contributed by atoms with Gasteiger partial charge in [-0.25, -0.2) is 0 Å². The molecule has 24 heavy (non-hydrogen) atoms. The first-order chi connectivity index (χ1) is 11.6. The lowest BCUT2D eigenvalue weighted by Gasteiger charge is -2.00. The van der Waals surface area contributed by atoms with Crippen LogP contribution in [-0.2, 0) is 0 Å². The first-order valence-corrected chi connectivity index (χ1v) is 7.72. The molecule has 118 valence electrons. The van der Waals surface area contributed by atoms with Crippen LogP contribution in [0.5, 0.6) is 0 Å². The minimum atomic E-state index is -0.530. The summed E-state index contributed by atoms with van der Waals surface area (Å²) in [5.41, 5.74) is 0.807. The molecular formula is C15H7ClN4O3S. The lowest BCUT2D eigenvalue weighted by atomic mass is 10.2. The van der Waals surface area contributed by atoms with Crippen LogP contribution < -0.4 is 0 Å². The van der Waals surface area contributed by atoms with E-state index in [-0.39, 0.29) is 21.7 Å². The molecule has 0 saturated carbocycles. The van der Waals surface area contributed by atoms with Crippen LogP contribution in [0, 0.1) is 21.4 Å². The fourth-order valence-electron chi connectivity index (χ4n) is 1.90. The SMILES string of the molecule is N#Cc1ccc([N+](=O)[O-])c(Sc2nnc(-c3cccc(Cl)c3)o2)c1. The van der Waals surface area contributed by atoms with Gasteiger partial charge in [-0.05, 0) is 42.1 Å². The molecule has 0 atom stereocenters. The molecular weight excluding hydrogens is 352 g/mol. The molecule has 3 rings (SSSR count). The Balaban J connectivity index is 1.93. The van der Waals surface area contributed by atoms with Gasteiger partial charge in [0.15, 0.2) is 0 Å². The Morgan fingerprint density at radius 3 is 2.79 bits per heavy atom. The summed E-state index contributed by atoms with van der Waals surface area (Å²) in [6.07, 6.45) is 0. The van der Waals surface area contributed by atoms with Gasteiger partial charge in [0.1, 0.15) is 0 Å². The quantitative estimate of drug-likeness (QED) is 0.505. The van der Waals surface area contributed by atoms with Gasteiger partial charge in [-0.3, -0.25) is 10.1 Å². The van der Waals surface area contributed by atoms with Gasteiger partial charge in [-0.15, -0.1) is 10.2 Å². The fraction of sp³-hybridized carbons (Fsp3) is 0. The van der Waals surface area contributed by atoms with Crippen molar-refractivity contribution in [2.24, 2.45) is 0 Å². The molecule has 0 spiro atoms. The molecule has 1 heterocycles. The predicted molar refractivity (Wildman–Crippen MR) is 86.7 cm³/mol. The van der Waals surface area contributed by atoms with E-state index in [0.717, 1.165) is 11.8 Å². The van der Waals surface area contributed by atoms with Crippen LogP contribution in [-0.4, -0.2) is 15.1 Å². The van der Waals surface area contributed by atoms with E-state index in [1.807, 2.05) is 6.07 Å². The van der Waals surface area contributed by atoms with E-state index in [1.54, 1.807) is 24.3 Å². The molecule has 0 aliphatic carbocycles. The maximum absolute atomic E-state index is 11.1. The summed E-state index contributed by atoms with van der Waals surface area (Å²) in [6.45, 7) is 0. The summed E-state index contributed by atoms with van der Waals surface area (Å²) < 4.78 is 5.51. The largest absolute Gasteiger partial charge is 0.411 e. The Kier molecular flexibility index (Phi) is 4.46. The van der Waals surface area contributed by atoms with E-state index in [2.05, 4.69) is 10.2 Å². The van der Waals surface area contributed by atoms with E-state index in [1.165, 1.54) is 18.2 Å². The van der Waals surface area contributed by atoms with E-state index < -0.39 is 4.92 Å². The molecule has 1 aromatic heterocycles. The summed E-state index contributed by atoms with van der Waals surface area (Å²) in [5, 5.41) is 28.5. The molecule has 0 saturated heterocycles. The molecule has 3 aromatic rings. The second kappa shape index (κ2) is 6.70. The third-order valence-corrected chi connectivity index (χ3v) is 4.08. The number of hydrogen-bond donors (Lipinski definition) is 0. The monoisotopic (exact) mass is 358 g/mol. The van der Waals surface area contributed by atoms with Crippen LogP contribution in [0.2, 0.25) is 5.02 Å². The van der Waals surface area contributed by atoms with Crippen molar-refractivity contribution in [3.8, 4) is 17.5 Å². The maximum atomic E-state index is 11.1. The van der Waals surface area contributed by atoms with Crippen molar-refractivity contribution in [2.45, 2.75) is 10.1 Å².